The summed E-state index contributed by atoms with van der Waals surface area (Å²) in [6.45, 7) is 8.68. The number of rotatable bonds is 4. The Bertz CT molecular complexity index is 433. The molecule has 1 aromatic rings. The first-order chi connectivity index (χ1) is 10.3. The molecule has 2 heterocycles. The van der Waals surface area contributed by atoms with Crippen LogP contribution in [0.3, 0.4) is 0 Å². The van der Waals surface area contributed by atoms with E-state index in [9.17, 15) is 0 Å². The number of nitrogens with zero attached hydrogens (tertiary/aromatic N) is 3. The number of hydrogen-bond donors (Lipinski definition) is 1. The Morgan fingerprint density at radius 3 is 2.62 bits per heavy atom. The molecule has 118 valence electrons. The second kappa shape index (κ2) is 6.88. The first kappa shape index (κ1) is 15.0. The van der Waals surface area contributed by atoms with Crippen molar-refractivity contribution in [1.82, 2.24) is 20.4 Å². The molecule has 0 bridgehead atoms. The second-order valence-corrected chi connectivity index (χ2v) is 6.58. The van der Waals surface area contributed by atoms with Gasteiger partial charge in [0.15, 0.2) is 5.82 Å². The van der Waals surface area contributed by atoms with Crippen LogP contribution >= 0.6 is 0 Å². The highest BCUT2D eigenvalue weighted by atomic mass is 16.5. The van der Waals surface area contributed by atoms with Gasteiger partial charge < -0.3 is 9.84 Å². The Balaban J connectivity index is 1.60. The normalized spacial score (nSPS) is 29.4. The van der Waals surface area contributed by atoms with Gasteiger partial charge in [0.25, 0.3) is 0 Å². The zero-order valence-electron chi connectivity index (χ0n) is 13.3. The summed E-state index contributed by atoms with van der Waals surface area (Å²) in [5, 5.41) is 7.66. The molecule has 1 aliphatic carbocycles. The monoisotopic (exact) mass is 292 g/mol. The number of aromatic nitrogens is 2. The van der Waals surface area contributed by atoms with Crippen molar-refractivity contribution in [2.45, 2.75) is 57.9 Å². The molecule has 1 saturated heterocycles. The van der Waals surface area contributed by atoms with E-state index < -0.39 is 0 Å². The topological polar surface area (TPSA) is 54.2 Å². The van der Waals surface area contributed by atoms with Gasteiger partial charge in [0.1, 0.15) is 0 Å². The van der Waals surface area contributed by atoms with Crippen molar-refractivity contribution in [3.63, 3.8) is 0 Å². The highest BCUT2D eigenvalue weighted by molar-refractivity contribution is 5.00. The van der Waals surface area contributed by atoms with Gasteiger partial charge in [-0.05, 0) is 38.5 Å². The van der Waals surface area contributed by atoms with E-state index in [0.717, 1.165) is 43.8 Å². The Morgan fingerprint density at radius 1 is 1.24 bits per heavy atom. The molecule has 0 radical (unpaired) electrons. The number of hydrogen-bond acceptors (Lipinski definition) is 5. The zero-order valence-corrected chi connectivity index (χ0v) is 13.3. The summed E-state index contributed by atoms with van der Waals surface area (Å²) in [4.78, 5) is 7.14. The van der Waals surface area contributed by atoms with Crippen molar-refractivity contribution < 1.29 is 4.52 Å². The lowest BCUT2D eigenvalue weighted by Crippen LogP contribution is -2.44. The van der Waals surface area contributed by atoms with E-state index in [1.54, 1.807) is 0 Å². The van der Waals surface area contributed by atoms with E-state index in [1.807, 2.05) is 0 Å². The van der Waals surface area contributed by atoms with Crippen LogP contribution in [0.15, 0.2) is 4.52 Å². The van der Waals surface area contributed by atoms with Gasteiger partial charge in [-0.1, -0.05) is 18.5 Å². The molecular formula is C16H28N4O. The first-order valence-corrected chi connectivity index (χ1v) is 8.56. The average molecular weight is 292 g/mol. The van der Waals surface area contributed by atoms with Crippen molar-refractivity contribution in [3.8, 4) is 0 Å². The van der Waals surface area contributed by atoms with E-state index in [0.29, 0.717) is 5.92 Å². The molecule has 1 atom stereocenters. The van der Waals surface area contributed by atoms with Gasteiger partial charge in [0.2, 0.25) is 5.89 Å². The van der Waals surface area contributed by atoms with Crippen LogP contribution in [0.2, 0.25) is 0 Å². The molecule has 0 spiro atoms. The predicted molar refractivity (Wildman–Crippen MR) is 82.1 cm³/mol. The minimum atomic E-state index is 0.236. The van der Waals surface area contributed by atoms with Gasteiger partial charge in [0, 0.05) is 32.1 Å². The van der Waals surface area contributed by atoms with Crippen molar-refractivity contribution >= 4 is 0 Å². The molecule has 21 heavy (non-hydrogen) atoms. The van der Waals surface area contributed by atoms with Gasteiger partial charge >= 0.3 is 0 Å². The molecule has 5 heteroatoms. The van der Waals surface area contributed by atoms with Crippen molar-refractivity contribution in [1.29, 1.82) is 0 Å². The zero-order chi connectivity index (χ0) is 14.7. The quantitative estimate of drug-likeness (QED) is 0.924. The molecule has 1 unspecified atom stereocenters. The molecule has 0 amide bonds. The van der Waals surface area contributed by atoms with Crippen LogP contribution in [0.1, 0.15) is 69.6 Å². The minimum absolute atomic E-state index is 0.236. The maximum Gasteiger partial charge on any atom is 0.243 e. The third-order valence-electron chi connectivity index (χ3n) is 5.30. The summed E-state index contributed by atoms with van der Waals surface area (Å²) in [7, 11) is 0. The maximum absolute atomic E-state index is 5.56. The lowest BCUT2D eigenvalue weighted by atomic mass is 9.80. The summed E-state index contributed by atoms with van der Waals surface area (Å²) in [6.07, 6.45) is 6.39. The molecule has 2 fully saturated rings. The van der Waals surface area contributed by atoms with E-state index in [4.69, 9.17) is 9.51 Å². The molecule has 3 rings (SSSR count). The van der Waals surface area contributed by atoms with Crippen LogP contribution in [0, 0.1) is 5.92 Å². The molecule has 2 aliphatic rings. The number of piperazine rings is 1. The average Bonchev–Trinajstić information content (AvgIpc) is 3.05. The highest BCUT2D eigenvalue weighted by Gasteiger charge is 2.28. The SMILES string of the molecule is CCC1CCC(c2noc(C(C)N3CCNCC3)n2)CC1. The fourth-order valence-electron chi connectivity index (χ4n) is 3.64. The molecule has 1 saturated carbocycles. The van der Waals surface area contributed by atoms with E-state index >= 15 is 0 Å². The van der Waals surface area contributed by atoms with Crippen LogP contribution in [0.25, 0.3) is 0 Å². The fraction of sp³-hybridized carbons (Fsp3) is 0.875. The van der Waals surface area contributed by atoms with Crippen LogP contribution in [0.4, 0.5) is 0 Å². The molecule has 1 aromatic heterocycles. The van der Waals surface area contributed by atoms with Gasteiger partial charge in [-0.25, -0.2) is 0 Å². The Morgan fingerprint density at radius 2 is 1.95 bits per heavy atom. The van der Waals surface area contributed by atoms with Gasteiger partial charge in [-0.3, -0.25) is 4.90 Å². The van der Waals surface area contributed by atoms with Crippen LogP contribution in [0.5, 0.6) is 0 Å². The highest BCUT2D eigenvalue weighted by Crippen LogP contribution is 2.36. The molecule has 5 nitrogen and oxygen atoms in total. The third-order valence-corrected chi connectivity index (χ3v) is 5.30. The fourth-order valence-corrected chi connectivity index (χ4v) is 3.64. The summed E-state index contributed by atoms with van der Waals surface area (Å²) < 4.78 is 5.56. The van der Waals surface area contributed by atoms with Gasteiger partial charge in [-0.2, -0.15) is 4.98 Å². The lowest BCUT2D eigenvalue weighted by Gasteiger charge is -2.30. The smallest absolute Gasteiger partial charge is 0.243 e. The molecular weight excluding hydrogens is 264 g/mol. The van der Waals surface area contributed by atoms with Crippen molar-refractivity contribution in [2.75, 3.05) is 26.2 Å². The summed E-state index contributed by atoms with van der Waals surface area (Å²) in [5.74, 6) is 3.17. The maximum atomic E-state index is 5.56. The third kappa shape index (κ3) is 3.46. The molecule has 1 aliphatic heterocycles. The summed E-state index contributed by atoms with van der Waals surface area (Å²) >= 11 is 0. The molecule has 0 aromatic carbocycles. The molecule has 1 N–H and O–H groups in total. The second-order valence-electron chi connectivity index (χ2n) is 6.58. The van der Waals surface area contributed by atoms with Crippen molar-refractivity contribution in [2.24, 2.45) is 5.92 Å². The Labute approximate surface area is 127 Å². The first-order valence-electron chi connectivity index (χ1n) is 8.56. The van der Waals surface area contributed by atoms with Crippen LogP contribution in [-0.4, -0.2) is 41.2 Å². The predicted octanol–water partition coefficient (Wildman–Crippen LogP) is 2.72. The summed E-state index contributed by atoms with van der Waals surface area (Å²) in [5.41, 5.74) is 0. The lowest BCUT2D eigenvalue weighted by molar-refractivity contribution is 0.154. The van der Waals surface area contributed by atoms with Gasteiger partial charge in [-0.15, -0.1) is 0 Å². The van der Waals surface area contributed by atoms with Gasteiger partial charge in [0.05, 0.1) is 6.04 Å². The largest absolute Gasteiger partial charge is 0.338 e. The minimum Gasteiger partial charge on any atom is -0.338 e. The van der Waals surface area contributed by atoms with E-state index in [2.05, 4.69) is 29.2 Å². The van der Waals surface area contributed by atoms with Crippen molar-refractivity contribution in [3.05, 3.63) is 11.7 Å². The standard InChI is InChI=1S/C16H28N4O/c1-3-13-4-6-14(7-5-13)15-18-16(21-19-15)12(2)20-10-8-17-9-11-20/h12-14,17H,3-11H2,1-2H3. The van der Waals surface area contributed by atoms with Crippen LogP contribution < -0.4 is 5.32 Å². The number of nitrogens with one attached hydrogen (secondary N) is 1. The Kier molecular flexibility index (Phi) is 4.91. The Hall–Kier alpha value is -0.940. The van der Waals surface area contributed by atoms with Crippen LogP contribution in [-0.2, 0) is 0 Å². The summed E-state index contributed by atoms with van der Waals surface area (Å²) in [6, 6.07) is 0.236. The van der Waals surface area contributed by atoms with E-state index in [1.165, 1.54) is 32.1 Å². The van der Waals surface area contributed by atoms with E-state index in [-0.39, 0.29) is 6.04 Å².